The molecule has 11 heteroatoms. The van der Waals surface area contributed by atoms with Gasteiger partial charge in [-0.2, -0.15) is 0 Å². The van der Waals surface area contributed by atoms with Crippen molar-refractivity contribution in [1.29, 1.82) is 0 Å². The van der Waals surface area contributed by atoms with Gasteiger partial charge < -0.3 is 9.64 Å². The van der Waals surface area contributed by atoms with Crippen LogP contribution in [-0.2, 0) is 16.4 Å². The maximum atomic E-state index is 12.7. The quantitative estimate of drug-likeness (QED) is 0.527. The van der Waals surface area contributed by atoms with Crippen LogP contribution in [-0.4, -0.2) is 52.4 Å². The summed E-state index contributed by atoms with van der Waals surface area (Å²) in [4.78, 5) is 24.0. The topological polar surface area (TPSA) is 93.3 Å². The van der Waals surface area contributed by atoms with Crippen LogP contribution in [0.5, 0.6) is 5.75 Å². The number of halogens is 1. The molecule has 2 atom stereocenters. The third-order valence-electron chi connectivity index (χ3n) is 5.49. The molecule has 1 saturated heterocycles. The molecule has 5 rings (SSSR count). The zero-order valence-electron chi connectivity index (χ0n) is 17.7. The first-order valence-corrected chi connectivity index (χ1v) is 13.5. The number of ether oxygens (including phenoxy) is 1. The van der Waals surface area contributed by atoms with Gasteiger partial charge in [-0.1, -0.05) is 23.4 Å². The number of amidine groups is 1. The van der Waals surface area contributed by atoms with E-state index in [9.17, 15) is 13.2 Å². The summed E-state index contributed by atoms with van der Waals surface area (Å²) >= 11 is 7.48. The molecule has 1 aromatic carbocycles. The van der Waals surface area contributed by atoms with Gasteiger partial charge in [-0.15, -0.1) is 0 Å². The minimum absolute atomic E-state index is 0.0710. The number of hydrogen-bond acceptors (Lipinski definition) is 8. The molecule has 2 aliphatic heterocycles. The predicted molar refractivity (Wildman–Crippen MR) is 132 cm³/mol. The molecule has 3 aromatic rings. The average molecular weight is 505 g/mol. The van der Waals surface area contributed by atoms with Gasteiger partial charge in [-0.05, 0) is 43.3 Å². The molecular weight excluding hydrogens is 484 g/mol. The number of fused-ring (bicyclic) bond motifs is 2. The number of anilines is 1. The maximum Gasteiger partial charge on any atom is 0.258 e. The molecule has 2 aromatic heterocycles. The van der Waals surface area contributed by atoms with E-state index in [1.54, 1.807) is 18.3 Å². The van der Waals surface area contributed by atoms with Crippen molar-refractivity contribution in [3.8, 4) is 5.75 Å². The fraction of sp³-hybridized carbons (Fsp3) is 0.318. The van der Waals surface area contributed by atoms with Crippen LogP contribution in [0, 0.1) is 0 Å². The summed E-state index contributed by atoms with van der Waals surface area (Å²) < 4.78 is 31.0. The smallest absolute Gasteiger partial charge is 0.258 e. The van der Waals surface area contributed by atoms with Crippen molar-refractivity contribution in [3.05, 3.63) is 69.7 Å². The van der Waals surface area contributed by atoms with Crippen molar-refractivity contribution in [2.45, 2.75) is 24.8 Å². The van der Waals surface area contributed by atoms with Crippen LogP contribution in [0.1, 0.15) is 12.6 Å². The van der Waals surface area contributed by atoms with Crippen molar-refractivity contribution in [3.63, 3.8) is 0 Å². The molecule has 0 radical (unpaired) electrons. The number of aliphatic imine (C=N–C) groups is 1. The fourth-order valence-corrected chi connectivity index (χ4v) is 7.94. The predicted octanol–water partition coefficient (Wildman–Crippen LogP) is 3.02. The van der Waals surface area contributed by atoms with Crippen molar-refractivity contribution in [2.24, 2.45) is 4.99 Å². The van der Waals surface area contributed by atoms with E-state index in [0.717, 1.165) is 16.6 Å². The van der Waals surface area contributed by atoms with Gasteiger partial charge in [0.05, 0.1) is 41.4 Å². The van der Waals surface area contributed by atoms with Crippen LogP contribution in [0.25, 0.3) is 5.65 Å². The first-order valence-electron chi connectivity index (χ1n) is 10.4. The first-order chi connectivity index (χ1) is 15.8. The normalized spacial score (nSPS) is 21.1. The Morgan fingerprint density at radius 2 is 2.00 bits per heavy atom. The number of hydrogen-bond donors (Lipinski definition) is 0. The second-order valence-electron chi connectivity index (χ2n) is 7.89. The number of rotatable bonds is 5. The monoisotopic (exact) mass is 504 g/mol. The summed E-state index contributed by atoms with van der Waals surface area (Å²) in [5.74, 6) is 0.953. The summed E-state index contributed by atoms with van der Waals surface area (Å²) in [5.41, 5.74) is 1.69. The molecule has 2 unspecified atom stereocenters. The molecule has 172 valence electrons. The third-order valence-corrected chi connectivity index (χ3v) is 8.96. The summed E-state index contributed by atoms with van der Waals surface area (Å²) in [6, 6.07) is 12.2. The standard InChI is InChI=1S/C22H21ClN4O4S2/c1-2-31-17-6-4-16(5-7-17)26(22-25-18-12-33(29,30)13-19(18)32-22)11-15-9-21(28)27-10-14(23)3-8-20(27)24-15/h3-10,18-19H,2,11-13H2,1H3. The highest BCUT2D eigenvalue weighted by molar-refractivity contribution is 8.15. The Kier molecular flexibility index (Phi) is 5.84. The minimum atomic E-state index is -3.05. The molecule has 0 aliphatic carbocycles. The lowest BCUT2D eigenvalue weighted by atomic mass is 10.2. The molecule has 0 N–H and O–H groups in total. The Hall–Kier alpha value is -2.56. The van der Waals surface area contributed by atoms with Crippen molar-refractivity contribution < 1.29 is 13.2 Å². The SMILES string of the molecule is CCOc1ccc(N(Cc2cc(=O)n3cc(Cl)ccc3n2)C2=NC3CS(=O)(=O)CC3S2)cc1. The van der Waals surface area contributed by atoms with Crippen LogP contribution in [0.2, 0.25) is 5.02 Å². The zero-order chi connectivity index (χ0) is 23.2. The molecular formula is C22H21ClN4O4S2. The highest BCUT2D eigenvalue weighted by Crippen LogP contribution is 2.37. The summed E-state index contributed by atoms with van der Waals surface area (Å²) in [7, 11) is -3.05. The lowest BCUT2D eigenvalue weighted by Crippen LogP contribution is -2.29. The van der Waals surface area contributed by atoms with E-state index in [1.807, 2.05) is 36.1 Å². The maximum absolute atomic E-state index is 12.7. The Bertz CT molecular complexity index is 1410. The Labute approximate surface area is 200 Å². The van der Waals surface area contributed by atoms with Crippen LogP contribution in [0.4, 0.5) is 5.69 Å². The molecule has 33 heavy (non-hydrogen) atoms. The highest BCUT2D eigenvalue weighted by Gasteiger charge is 2.44. The average Bonchev–Trinajstić information content (AvgIpc) is 3.27. The molecule has 0 spiro atoms. The highest BCUT2D eigenvalue weighted by atomic mass is 35.5. The van der Waals surface area contributed by atoms with E-state index in [0.29, 0.717) is 29.5 Å². The molecule has 0 bridgehead atoms. The Morgan fingerprint density at radius 3 is 2.73 bits per heavy atom. The molecule has 4 heterocycles. The van der Waals surface area contributed by atoms with Crippen molar-refractivity contribution >= 4 is 49.7 Å². The molecule has 1 fully saturated rings. The zero-order valence-corrected chi connectivity index (χ0v) is 20.1. The number of aromatic nitrogens is 2. The number of nitrogens with zero attached hydrogens (tertiary/aromatic N) is 4. The van der Waals surface area contributed by atoms with Crippen molar-refractivity contribution in [1.82, 2.24) is 9.38 Å². The second kappa shape index (κ2) is 8.66. The summed E-state index contributed by atoms with van der Waals surface area (Å²) in [6.45, 7) is 2.80. The fourth-order valence-electron chi connectivity index (χ4n) is 4.00. The van der Waals surface area contributed by atoms with Gasteiger partial charge in [0.25, 0.3) is 5.56 Å². The molecule has 8 nitrogen and oxygen atoms in total. The van der Waals surface area contributed by atoms with Gasteiger partial charge >= 0.3 is 0 Å². The van der Waals surface area contributed by atoms with Crippen LogP contribution in [0.15, 0.2) is 58.4 Å². The molecule has 0 saturated carbocycles. The Balaban J connectivity index is 1.51. The van der Waals surface area contributed by atoms with E-state index in [1.165, 1.54) is 22.2 Å². The van der Waals surface area contributed by atoms with E-state index >= 15 is 0 Å². The summed E-state index contributed by atoms with van der Waals surface area (Å²) in [5, 5.41) is 1.09. The van der Waals surface area contributed by atoms with Gasteiger partial charge in [-0.25, -0.2) is 13.4 Å². The van der Waals surface area contributed by atoms with Gasteiger partial charge in [0.2, 0.25) is 0 Å². The number of thioether (sulfide) groups is 1. The lowest BCUT2D eigenvalue weighted by Gasteiger charge is -2.24. The minimum Gasteiger partial charge on any atom is -0.494 e. The molecule has 0 amide bonds. The van der Waals surface area contributed by atoms with Gasteiger partial charge in [-0.3, -0.25) is 14.2 Å². The van der Waals surface area contributed by atoms with Gasteiger partial charge in [0.15, 0.2) is 15.0 Å². The van der Waals surface area contributed by atoms with Crippen LogP contribution in [0.3, 0.4) is 0 Å². The van der Waals surface area contributed by atoms with Gasteiger partial charge in [0, 0.05) is 23.2 Å². The second-order valence-corrected chi connectivity index (χ2v) is 11.7. The lowest BCUT2D eigenvalue weighted by molar-refractivity contribution is 0.340. The van der Waals surface area contributed by atoms with E-state index in [4.69, 9.17) is 21.3 Å². The van der Waals surface area contributed by atoms with E-state index in [-0.39, 0.29) is 28.4 Å². The van der Waals surface area contributed by atoms with Crippen LogP contribution >= 0.6 is 23.4 Å². The number of benzene rings is 1. The van der Waals surface area contributed by atoms with Crippen LogP contribution < -0.4 is 15.2 Å². The largest absolute Gasteiger partial charge is 0.494 e. The van der Waals surface area contributed by atoms with E-state index < -0.39 is 9.84 Å². The third kappa shape index (κ3) is 4.60. The Morgan fingerprint density at radius 1 is 1.21 bits per heavy atom. The number of pyridine rings is 1. The first kappa shape index (κ1) is 22.2. The van der Waals surface area contributed by atoms with Gasteiger partial charge in [0.1, 0.15) is 11.4 Å². The van der Waals surface area contributed by atoms with E-state index in [2.05, 4.69) is 4.98 Å². The molecule has 2 aliphatic rings. The summed E-state index contributed by atoms with van der Waals surface area (Å²) in [6.07, 6.45) is 1.54. The van der Waals surface area contributed by atoms with Crippen molar-refractivity contribution in [2.75, 3.05) is 23.0 Å². The number of sulfone groups is 1.